The Bertz CT molecular complexity index is 3760. The van der Waals surface area contributed by atoms with E-state index in [0.29, 0.717) is 169 Å². The summed E-state index contributed by atoms with van der Waals surface area (Å²) in [4.78, 5) is 120. The minimum Gasteiger partial charge on any atom is -0.493 e. The van der Waals surface area contributed by atoms with Gasteiger partial charge in [0.1, 0.15) is 12.1 Å². The summed E-state index contributed by atoms with van der Waals surface area (Å²) in [5, 5.41) is 11.2. The van der Waals surface area contributed by atoms with Crippen LogP contribution in [0.5, 0.6) is 23.0 Å². The van der Waals surface area contributed by atoms with Gasteiger partial charge in [0.2, 0.25) is 35.4 Å². The van der Waals surface area contributed by atoms with E-state index in [1.807, 2.05) is 30.7 Å². The third-order valence-electron chi connectivity index (χ3n) is 21.1. The second-order valence-corrected chi connectivity index (χ2v) is 29.8. The zero-order valence-electron chi connectivity index (χ0n) is 66.5. The van der Waals surface area contributed by atoms with E-state index in [4.69, 9.17) is 66.8 Å². The Morgan fingerprint density at radius 1 is 0.504 bits per heavy atom. The van der Waals surface area contributed by atoms with Crippen molar-refractivity contribution in [2.45, 2.75) is 167 Å². The minimum absolute atomic E-state index is 0.0160. The maximum atomic E-state index is 14.2. The first-order valence-electron chi connectivity index (χ1n) is 40.7. The van der Waals surface area contributed by atoms with Gasteiger partial charge in [-0.15, -0.1) is 0 Å². The molecule has 618 valence electrons. The lowest BCUT2D eigenvalue weighted by Gasteiger charge is -2.24. The molecule has 29 heteroatoms. The number of fused-ring (bicyclic) bond motifs is 4. The predicted octanol–water partition coefficient (Wildman–Crippen LogP) is 9.66. The highest BCUT2D eigenvalue weighted by Crippen LogP contribution is 2.45. The van der Waals surface area contributed by atoms with Crippen LogP contribution < -0.4 is 40.2 Å². The molecule has 2 unspecified atom stereocenters. The second kappa shape index (κ2) is 46.0. The lowest BCUT2D eigenvalue weighted by atomic mass is 9.82. The lowest BCUT2D eigenvalue weighted by molar-refractivity contribution is -0.140. The summed E-state index contributed by atoms with van der Waals surface area (Å²) in [6, 6.07) is 11.7. The molecule has 29 nitrogen and oxygen atoms in total. The molecule has 0 radical (unpaired) electrons. The third-order valence-corrected chi connectivity index (χ3v) is 21.1. The summed E-state index contributed by atoms with van der Waals surface area (Å²) in [6.45, 7) is 11.9. The number of anilines is 1. The van der Waals surface area contributed by atoms with Crippen molar-refractivity contribution in [1.82, 2.24) is 30.7 Å². The van der Waals surface area contributed by atoms with Crippen molar-refractivity contribution >= 4 is 82.3 Å². The van der Waals surface area contributed by atoms with Crippen LogP contribution in [0.1, 0.15) is 169 Å². The molecule has 2 saturated carbocycles. The van der Waals surface area contributed by atoms with Gasteiger partial charge in [0.05, 0.1) is 174 Å². The van der Waals surface area contributed by atoms with Crippen molar-refractivity contribution in [1.29, 1.82) is 0 Å². The van der Waals surface area contributed by atoms with Gasteiger partial charge in [-0.3, -0.25) is 53.2 Å². The van der Waals surface area contributed by atoms with Crippen LogP contribution in [0.25, 0.3) is 5.57 Å². The fourth-order valence-corrected chi connectivity index (χ4v) is 14.6. The van der Waals surface area contributed by atoms with Crippen LogP contribution in [-0.4, -0.2) is 245 Å². The fraction of sp³-hybridized carbons (Fsp3) is 0.619. The Labute approximate surface area is 663 Å². The maximum Gasteiger partial charge on any atom is 0.260 e. The number of methoxy groups -OCH3 is 2. The van der Waals surface area contributed by atoms with E-state index < -0.39 is 23.9 Å². The molecule has 5 aliphatic heterocycles. The highest BCUT2D eigenvalue weighted by atomic mass is 16.6. The molecule has 10 rings (SSSR count). The van der Waals surface area contributed by atoms with E-state index in [1.54, 1.807) is 73.2 Å². The van der Waals surface area contributed by atoms with Gasteiger partial charge in [0, 0.05) is 87.8 Å². The largest absolute Gasteiger partial charge is 0.493 e. The van der Waals surface area contributed by atoms with Crippen LogP contribution in [0.2, 0.25) is 0 Å². The number of carbonyl (C=O) groups is 8. The molecule has 5 atom stereocenters. The van der Waals surface area contributed by atoms with Crippen molar-refractivity contribution < 1.29 is 95.2 Å². The number of hydrogen-bond acceptors (Lipinski definition) is 22. The summed E-state index contributed by atoms with van der Waals surface area (Å²) in [5.41, 5.74) is 5.34. The normalized spacial score (nSPS) is 19.1. The number of hydrogen-bond donors (Lipinski definition) is 4. The van der Waals surface area contributed by atoms with Gasteiger partial charge >= 0.3 is 0 Å². The zero-order chi connectivity index (χ0) is 79.7. The lowest BCUT2D eigenvalue weighted by Crippen LogP contribution is -2.53. The molecule has 5 heterocycles. The molecule has 7 aliphatic rings. The number of nitrogens with zero attached hydrogens (tertiary/aromatic N) is 5. The summed E-state index contributed by atoms with van der Waals surface area (Å²) in [7, 11) is 3.05. The number of benzene rings is 3. The highest BCUT2D eigenvalue weighted by Gasteiger charge is 2.43. The van der Waals surface area contributed by atoms with Crippen LogP contribution >= 0.6 is 0 Å². The van der Waals surface area contributed by atoms with E-state index >= 15 is 0 Å². The molecule has 3 fully saturated rings. The number of nitrogens with one attached hydrogen (secondary N) is 4. The molecule has 8 amide bonds. The van der Waals surface area contributed by atoms with Gasteiger partial charge in [-0.05, 0) is 97.8 Å². The van der Waals surface area contributed by atoms with Gasteiger partial charge in [-0.25, -0.2) is 0 Å². The highest BCUT2D eigenvalue weighted by molar-refractivity contribution is 6.07. The second-order valence-electron chi connectivity index (χ2n) is 29.8. The number of rotatable bonds is 47. The number of likely N-dealkylation sites (tertiary alicyclic amines) is 1. The standard InChI is InChI=1S/C84H117N9O20/c1-57(2)79(90-77(95)25-30-104-32-34-106-36-38-108-40-42-110-44-45-111-43-41-109-39-37-107-35-33-105-31-26-85-76(94)24-27-91-78(96)50-67(82(91)99)61-16-13-11-9-7-6-8-10-12-14-17-61)81(98)88-58(3)80(97)89-64-22-20-60(21-23-64)63-47-66-54-87-71-52-75(73(103-5)49-69(71)84(101)93(66)56-63)113-29-15-28-112-74-51-70-68(48-72(74)102-4)83(100)92-55-62(59-18-19-59)46-65(92)53-86-70/h20-23,48-49,51-59,61,65-67,79H,6-19,24-47,50H2,1-5H3,(H,85,94)(H,88,98)(H,89,97)(H,90,95)/t58-,65-,66-,67?,79?/m0/s1. The Balaban J connectivity index is 0.500. The molecule has 0 aromatic heterocycles. The van der Waals surface area contributed by atoms with E-state index in [-0.39, 0.29) is 118 Å². The van der Waals surface area contributed by atoms with E-state index in [9.17, 15) is 38.4 Å². The summed E-state index contributed by atoms with van der Waals surface area (Å²) >= 11 is 0. The Hall–Kier alpha value is -8.68. The molecule has 0 bridgehead atoms. The summed E-state index contributed by atoms with van der Waals surface area (Å²) in [5.74, 6) is -0.169. The monoisotopic (exact) mass is 1570 g/mol. The van der Waals surface area contributed by atoms with Crippen molar-refractivity contribution in [3.05, 3.63) is 83.2 Å². The van der Waals surface area contributed by atoms with Crippen LogP contribution in [-0.2, 0) is 66.7 Å². The van der Waals surface area contributed by atoms with Gasteiger partial charge in [0.25, 0.3) is 11.8 Å². The zero-order valence-corrected chi connectivity index (χ0v) is 66.5. The van der Waals surface area contributed by atoms with Crippen LogP contribution in [0, 0.1) is 23.7 Å². The first-order chi connectivity index (χ1) is 55.1. The van der Waals surface area contributed by atoms with Crippen molar-refractivity contribution in [2.24, 2.45) is 33.7 Å². The van der Waals surface area contributed by atoms with Crippen LogP contribution in [0.3, 0.4) is 0 Å². The van der Waals surface area contributed by atoms with Gasteiger partial charge in [-0.1, -0.05) is 83.8 Å². The molecular weight excluding hydrogens is 1450 g/mol. The van der Waals surface area contributed by atoms with Crippen LogP contribution in [0.15, 0.2) is 76.5 Å². The van der Waals surface area contributed by atoms with Gasteiger partial charge in [-0.2, -0.15) is 0 Å². The smallest absolute Gasteiger partial charge is 0.260 e. The summed E-state index contributed by atoms with van der Waals surface area (Å²) < 4.78 is 68.2. The Morgan fingerprint density at radius 3 is 1.50 bits per heavy atom. The van der Waals surface area contributed by atoms with E-state index in [0.717, 1.165) is 43.2 Å². The van der Waals surface area contributed by atoms with E-state index in [2.05, 4.69) is 21.3 Å². The molecule has 4 N–H and O–H groups in total. The Kier molecular flexibility index (Phi) is 35.3. The number of aliphatic imine (C=N–C) groups is 2. The van der Waals surface area contributed by atoms with Gasteiger partial charge in [0.15, 0.2) is 23.0 Å². The molecule has 3 aromatic carbocycles. The predicted molar refractivity (Wildman–Crippen MR) is 423 cm³/mol. The molecule has 3 aromatic rings. The topological polar surface area (TPSA) is 330 Å². The minimum atomic E-state index is -0.938. The van der Waals surface area contributed by atoms with Gasteiger partial charge < -0.3 is 87.9 Å². The number of imide groups is 1. The average molecular weight is 1570 g/mol. The first kappa shape index (κ1) is 86.7. The molecule has 2 aliphatic carbocycles. The third kappa shape index (κ3) is 26.7. The fourth-order valence-electron chi connectivity index (χ4n) is 14.6. The number of carbonyl (C=O) groups excluding carboxylic acids is 8. The molecule has 113 heavy (non-hydrogen) atoms. The Morgan fingerprint density at radius 2 is 0.991 bits per heavy atom. The quantitative estimate of drug-likeness (QED) is 0.0302. The first-order valence-corrected chi connectivity index (χ1v) is 40.7. The summed E-state index contributed by atoms with van der Waals surface area (Å²) in [6.07, 6.45) is 24.9. The average Bonchev–Trinajstić information content (AvgIpc) is 1.59. The molecule has 0 spiro atoms. The van der Waals surface area contributed by atoms with Crippen molar-refractivity contribution in [3.8, 4) is 23.0 Å². The van der Waals surface area contributed by atoms with Crippen molar-refractivity contribution in [3.63, 3.8) is 0 Å². The van der Waals surface area contributed by atoms with E-state index in [1.165, 1.54) is 82.5 Å². The molecular formula is C84H117N9O20. The SMILES string of the molecule is COc1cc2c(cc1OCCCOc1cc3c(cc1OC)C(=O)N1C=C(C4CC4)C[C@H]1C=N3)N=C[C@@H]1CC(c3ccc(NC(=O)[C@H](C)NC(=O)C(NC(=O)CCOCCOCCOCCOCCOCCOCCOCCOCCNC(=O)CCN4C(=O)CC(C5CCCCCCCCCCC5)C4=O)C(C)C)cc3)=CN1C2=O. The number of ether oxygens (including phenoxy) is 12. The number of amides is 8. The van der Waals surface area contributed by atoms with Crippen LogP contribution in [0.4, 0.5) is 17.1 Å². The molecule has 1 saturated heterocycles. The maximum absolute atomic E-state index is 14.2. The van der Waals surface area contributed by atoms with Crippen molar-refractivity contribution in [2.75, 3.05) is 152 Å².